The Bertz CT molecular complexity index is 524. The van der Waals surface area contributed by atoms with E-state index in [0.29, 0.717) is 24.3 Å². The van der Waals surface area contributed by atoms with E-state index in [1.54, 1.807) is 12.1 Å². The second kappa shape index (κ2) is 4.16. The molecule has 1 aromatic rings. The summed E-state index contributed by atoms with van der Waals surface area (Å²) >= 11 is 9.31. The van der Waals surface area contributed by atoms with Gasteiger partial charge in [-0.05, 0) is 46.8 Å². The van der Waals surface area contributed by atoms with Crippen LogP contribution < -0.4 is 0 Å². The number of halogens is 3. The average molecular weight is 344 g/mol. The molecule has 0 saturated heterocycles. The van der Waals surface area contributed by atoms with Gasteiger partial charge in [0.05, 0.1) is 9.77 Å². The van der Waals surface area contributed by atoms with Crippen molar-refractivity contribution < 1.29 is 8.42 Å². The molecule has 0 amide bonds. The van der Waals surface area contributed by atoms with Crippen molar-refractivity contribution in [3.8, 4) is 0 Å². The molecule has 0 aliphatic heterocycles. The van der Waals surface area contributed by atoms with E-state index in [9.17, 15) is 8.42 Å². The molecule has 0 atom stereocenters. The lowest BCUT2D eigenvalue weighted by Gasteiger charge is -2.13. The second-order valence-electron chi connectivity index (χ2n) is 4.01. The molecule has 2 rings (SSSR count). The Balaban J connectivity index is 2.33. The summed E-state index contributed by atoms with van der Waals surface area (Å²) in [7, 11) is 1.94. The molecule has 0 N–H and O–H groups in total. The molecule has 1 saturated carbocycles. The molecule has 6 heteroatoms. The van der Waals surface area contributed by atoms with E-state index >= 15 is 0 Å². The lowest BCUT2D eigenvalue weighted by atomic mass is 10.1. The second-order valence-corrected chi connectivity index (χ2v) is 8.17. The number of hydrogen-bond acceptors (Lipinski definition) is 2. The molecule has 0 aromatic heterocycles. The molecule has 1 aromatic carbocycles. The molecule has 2 nitrogen and oxygen atoms in total. The Morgan fingerprint density at radius 3 is 2.50 bits per heavy atom. The maximum atomic E-state index is 11.4. The van der Waals surface area contributed by atoms with Gasteiger partial charge < -0.3 is 0 Å². The summed E-state index contributed by atoms with van der Waals surface area (Å²) in [5.74, 6) is 0. The van der Waals surface area contributed by atoms with E-state index < -0.39 is 13.8 Å². The standard InChI is InChI=1S/C10H9BrCl2O2S/c11-9-7(2-1-3-8(9)12)6-10(4-5-10)16(13,14)15/h1-3H,4-6H2. The Morgan fingerprint density at radius 1 is 1.38 bits per heavy atom. The van der Waals surface area contributed by atoms with Crippen molar-refractivity contribution in [2.45, 2.75) is 24.0 Å². The first-order chi connectivity index (χ1) is 7.36. The van der Waals surface area contributed by atoms with E-state index in [4.69, 9.17) is 22.3 Å². The van der Waals surface area contributed by atoms with Gasteiger partial charge in [0.1, 0.15) is 0 Å². The summed E-state index contributed by atoms with van der Waals surface area (Å²) < 4.78 is 22.8. The molecule has 0 bridgehead atoms. The van der Waals surface area contributed by atoms with Crippen LogP contribution in [0.5, 0.6) is 0 Å². The summed E-state index contributed by atoms with van der Waals surface area (Å²) in [4.78, 5) is 0. The van der Waals surface area contributed by atoms with Crippen LogP contribution in [0.1, 0.15) is 18.4 Å². The summed E-state index contributed by atoms with van der Waals surface area (Å²) in [5, 5.41) is 0.584. The normalized spacial score (nSPS) is 18.4. The average Bonchev–Trinajstić information content (AvgIpc) is 2.93. The molecule has 16 heavy (non-hydrogen) atoms. The Morgan fingerprint density at radius 2 is 2.00 bits per heavy atom. The van der Waals surface area contributed by atoms with Gasteiger partial charge in [-0.3, -0.25) is 0 Å². The fourth-order valence-corrected chi connectivity index (χ4v) is 3.82. The summed E-state index contributed by atoms with van der Waals surface area (Å²) in [6, 6.07) is 5.42. The third-order valence-corrected chi connectivity index (χ3v) is 6.92. The van der Waals surface area contributed by atoms with Gasteiger partial charge in [0.25, 0.3) is 0 Å². The smallest absolute Gasteiger partial charge is 0.212 e. The number of rotatable bonds is 3. The van der Waals surface area contributed by atoms with Gasteiger partial charge in [-0.2, -0.15) is 0 Å². The van der Waals surface area contributed by atoms with Crippen LogP contribution >= 0.6 is 38.2 Å². The van der Waals surface area contributed by atoms with Gasteiger partial charge in [0.2, 0.25) is 9.05 Å². The van der Waals surface area contributed by atoms with Gasteiger partial charge in [-0.1, -0.05) is 23.7 Å². The van der Waals surface area contributed by atoms with E-state index in [0.717, 1.165) is 10.0 Å². The van der Waals surface area contributed by atoms with Crippen molar-refractivity contribution in [1.82, 2.24) is 0 Å². The number of benzene rings is 1. The van der Waals surface area contributed by atoms with Gasteiger partial charge in [0.15, 0.2) is 0 Å². The van der Waals surface area contributed by atoms with Crippen molar-refractivity contribution in [1.29, 1.82) is 0 Å². The molecule has 0 unspecified atom stereocenters. The Labute approximate surface area is 112 Å². The SMILES string of the molecule is O=S(=O)(Cl)C1(Cc2cccc(Cl)c2Br)CC1. The minimum atomic E-state index is -3.51. The molecular formula is C10H9BrCl2O2S. The minimum Gasteiger partial charge on any atom is -0.212 e. The van der Waals surface area contributed by atoms with Crippen LogP contribution in [-0.2, 0) is 15.5 Å². The van der Waals surface area contributed by atoms with E-state index in [1.807, 2.05) is 6.07 Å². The van der Waals surface area contributed by atoms with Crippen LogP contribution in [0.2, 0.25) is 5.02 Å². The first kappa shape index (κ1) is 12.7. The highest BCUT2D eigenvalue weighted by Gasteiger charge is 2.53. The van der Waals surface area contributed by atoms with Crippen LogP contribution in [-0.4, -0.2) is 13.2 Å². The lowest BCUT2D eigenvalue weighted by Crippen LogP contribution is -2.21. The first-order valence-electron chi connectivity index (χ1n) is 4.73. The van der Waals surface area contributed by atoms with Crippen molar-refractivity contribution in [3.63, 3.8) is 0 Å². The maximum absolute atomic E-state index is 11.4. The molecule has 1 fully saturated rings. The quantitative estimate of drug-likeness (QED) is 0.783. The van der Waals surface area contributed by atoms with Crippen molar-refractivity contribution in [2.24, 2.45) is 0 Å². The molecular weight excluding hydrogens is 335 g/mol. The third-order valence-electron chi connectivity index (χ3n) is 2.87. The predicted octanol–water partition coefficient (Wildman–Crippen LogP) is 3.75. The van der Waals surface area contributed by atoms with Crippen LogP contribution in [0.3, 0.4) is 0 Å². The summed E-state index contributed by atoms with van der Waals surface area (Å²) in [5.41, 5.74) is 0.884. The Hall–Kier alpha value is 0.230. The van der Waals surface area contributed by atoms with Gasteiger partial charge in [-0.25, -0.2) is 8.42 Å². The van der Waals surface area contributed by atoms with E-state index in [-0.39, 0.29) is 0 Å². The van der Waals surface area contributed by atoms with Gasteiger partial charge in [-0.15, -0.1) is 0 Å². The predicted molar refractivity (Wildman–Crippen MR) is 69.6 cm³/mol. The van der Waals surface area contributed by atoms with Crippen LogP contribution in [0.25, 0.3) is 0 Å². The zero-order valence-electron chi connectivity index (χ0n) is 8.21. The molecule has 0 radical (unpaired) electrons. The minimum absolute atomic E-state index is 0.417. The molecule has 1 aliphatic carbocycles. The maximum Gasteiger partial charge on any atom is 0.238 e. The fourth-order valence-electron chi connectivity index (χ4n) is 1.68. The van der Waals surface area contributed by atoms with E-state index in [2.05, 4.69) is 15.9 Å². The fraction of sp³-hybridized carbons (Fsp3) is 0.400. The molecule has 1 aliphatic rings. The zero-order valence-corrected chi connectivity index (χ0v) is 12.1. The lowest BCUT2D eigenvalue weighted by molar-refractivity contribution is 0.590. The summed E-state index contributed by atoms with van der Waals surface area (Å²) in [6.07, 6.45) is 1.66. The summed E-state index contributed by atoms with van der Waals surface area (Å²) in [6.45, 7) is 0. The van der Waals surface area contributed by atoms with Crippen molar-refractivity contribution >= 4 is 47.3 Å². The highest BCUT2D eigenvalue weighted by molar-refractivity contribution is 9.10. The zero-order chi connectivity index (χ0) is 12.0. The molecule has 88 valence electrons. The van der Waals surface area contributed by atoms with Crippen LogP contribution in [0.4, 0.5) is 0 Å². The van der Waals surface area contributed by atoms with E-state index in [1.165, 1.54) is 0 Å². The first-order valence-corrected chi connectivity index (χ1v) is 8.21. The topological polar surface area (TPSA) is 34.1 Å². The van der Waals surface area contributed by atoms with Crippen LogP contribution in [0.15, 0.2) is 22.7 Å². The largest absolute Gasteiger partial charge is 0.238 e. The Kier molecular flexibility index (Phi) is 3.30. The highest BCUT2D eigenvalue weighted by Crippen LogP contribution is 2.49. The number of hydrogen-bond donors (Lipinski definition) is 0. The van der Waals surface area contributed by atoms with Gasteiger partial charge >= 0.3 is 0 Å². The van der Waals surface area contributed by atoms with Crippen molar-refractivity contribution in [3.05, 3.63) is 33.3 Å². The molecule has 0 heterocycles. The monoisotopic (exact) mass is 342 g/mol. The third kappa shape index (κ3) is 2.26. The molecule has 0 spiro atoms. The highest BCUT2D eigenvalue weighted by atomic mass is 79.9. The van der Waals surface area contributed by atoms with Crippen LogP contribution in [0, 0.1) is 0 Å². The van der Waals surface area contributed by atoms with Crippen molar-refractivity contribution in [2.75, 3.05) is 0 Å². The van der Waals surface area contributed by atoms with Gasteiger partial charge in [0, 0.05) is 15.2 Å².